The number of sulfone groups is 1. The van der Waals surface area contributed by atoms with E-state index in [0.29, 0.717) is 13.0 Å². The van der Waals surface area contributed by atoms with E-state index >= 15 is 0 Å². The molecule has 0 aliphatic rings. The van der Waals surface area contributed by atoms with Crippen LogP contribution in [-0.4, -0.2) is 46.0 Å². The molecule has 0 amide bonds. The molecule has 0 radical (unpaired) electrons. The molecule has 0 rings (SSSR count). The molecule has 0 aromatic rings. The predicted octanol–water partition coefficient (Wildman–Crippen LogP) is 2.19. The molecule has 0 saturated carbocycles. The Kier molecular flexibility index (Phi) is 9.66. The Morgan fingerprint density at radius 3 is 2.33 bits per heavy atom. The van der Waals surface area contributed by atoms with E-state index in [2.05, 4.69) is 36.4 Å². The monoisotopic (exact) mass is 319 g/mol. The lowest BCUT2D eigenvalue weighted by atomic mass is 9.90. The van der Waals surface area contributed by atoms with Crippen molar-refractivity contribution < 1.29 is 8.42 Å². The zero-order valence-corrected chi connectivity index (χ0v) is 15.1. The lowest BCUT2D eigenvalue weighted by molar-refractivity contribution is 0.365. The Balaban J connectivity index is 4.37. The Bertz CT molecular complexity index is 403. The number of hydrogen-bond donors (Lipinski definition) is 2. The summed E-state index contributed by atoms with van der Waals surface area (Å²) >= 11 is 0. The van der Waals surface area contributed by atoms with Crippen LogP contribution in [0.1, 0.15) is 53.4 Å². The van der Waals surface area contributed by atoms with Crippen molar-refractivity contribution >= 4 is 15.8 Å². The summed E-state index contributed by atoms with van der Waals surface area (Å²) < 4.78 is 22.5. The minimum absolute atomic E-state index is 0.116. The van der Waals surface area contributed by atoms with Gasteiger partial charge in [-0.15, -0.1) is 0 Å². The average molecular weight is 320 g/mol. The van der Waals surface area contributed by atoms with E-state index < -0.39 is 9.84 Å². The van der Waals surface area contributed by atoms with Gasteiger partial charge in [-0.3, -0.25) is 4.99 Å². The van der Waals surface area contributed by atoms with Gasteiger partial charge in [0.05, 0.1) is 5.75 Å². The van der Waals surface area contributed by atoms with Crippen LogP contribution in [0.3, 0.4) is 0 Å². The van der Waals surface area contributed by atoms with E-state index in [1.54, 1.807) is 0 Å². The summed E-state index contributed by atoms with van der Waals surface area (Å²) in [7, 11) is -2.91. The third kappa shape index (κ3) is 12.7. The topological polar surface area (TPSA) is 70.6 Å². The molecule has 0 aliphatic carbocycles. The molecule has 6 heteroatoms. The van der Waals surface area contributed by atoms with Gasteiger partial charge < -0.3 is 10.6 Å². The van der Waals surface area contributed by atoms with Crippen LogP contribution in [0.15, 0.2) is 4.99 Å². The Morgan fingerprint density at radius 1 is 1.14 bits per heavy atom. The Labute approximate surface area is 130 Å². The molecule has 0 unspecified atom stereocenters. The second kappa shape index (κ2) is 10.0. The number of hydrogen-bond acceptors (Lipinski definition) is 3. The minimum atomic E-state index is -2.91. The molecule has 0 aliphatic heterocycles. The molecule has 21 heavy (non-hydrogen) atoms. The average Bonchev–Trinajstić information content (AvgIpc) is 2.38. The van der Waals surface area contributed by atoms with Crippen LogP contribution in [-0.2, 0) is 9.84 Å². The summed E-state index contributed by atoms with van der Waals surface area (Å²) in [6.07, 6.45) is 5.47. The van der Waals surface area contributed by atoms with Crippen molar-refractivity contribution in [3.05, 3.63) is 0 Å². The zero-order valence-electron chi connectivity index (χ0n) is 14.3. The van der Waals surface area contributed by atoms with Crippen molar-refractivity contribution in [2.45, 2.75) is 53.4 Å². The van der Waals surface area contributed by atoms with Crippen molar-refractivity contribution in [3.8, 4) is 0 Å². The van der Waals surface area contributed by atoms with Crippen LogP contribution in [0.5, 0.6) is 0 Å². The fraction of sp³-hybridized carbons (Fsp3) is 0.933. The molecule has 0 atom stereocenters. The molecule has 0 aromatic heterocycles. The number of rotatable bonds is 10. The van der Waals surface area contributed by atoms with Crippen molar-refractivity contribution in [1.29, 1.82) is 0 Å². The maximum Gasteiger partial charge on any atom is 0.191 e. The van der Waals surface area contributed by atoms with Crippen molar-refractivity contribution in [2.75, 3.05) is 31.6 Å². The molecule has 5 nitrogen and oxygen atoms in total. The molecule has 0 aromatic carbocycles. The SMILES string of the molecule is CCCCCNC(=NCC(C)(C)CCS(C)(=O)=O)NCC. The third-order valence-corrected chi connectivity index (χ3v) is 4.18. The van der Waals surface area contributed by atoms with Crippen LogP contribution >= 0.6 is 0 Å². The summed E-state index contributed by atoms with van der Waals surface area (Å²) in [5.41, 5.74) is -0.116. The molecule has 0 heterocycles. The highest BCUT2D eigenvalue weighted by Crippen LogP contribution is 2.21. The lowest BCUT2D eigenvalue weighted by Crippen LogP contribution is -2.38. The first-order chi connectivity index (χ1) is 9.70. The van der Waals surface area contributed by atoms with E-state index in [1.165, 1.54) is 19.1 Å². The predicted molar refractivity (Wildman–Crippen MR) is 91.6 cm³/mol. The standard InChI is InChI=1S/C15H33N3O2S/c1-6-8-9-11-17-14(16-7-2)18-13-15(3,4)10-12-21(5,19)20/h6-13H2,1-5H3,(H2,16,17,18). The van der Waals surface area contributed by atoms with E-state index in [-0.39, 0.29) is 11.2 Å². The fourth-order valence-electron chi connectivity index (χ4n) is 1.76. The zero-order chi connectivity index (χ0) is 16.4. The summed E-state index contributed by atoms with van der Waals surface area (Å²) in [6, 6.07) is 0. The van der Waals surface area contributed by atoms with Crippen LogP contribution in [0, 0.1) is 5.41 Å². The summed E-state index contributed by atoms with van der Waals surface area (Å²) in [6.45, 7) is 10.7. The summed E-state index contributed by atoms with van der Waals surface area (Å²) in [4.78, 5) is 4.58. The number of nitrogens with zero attached hydrogens (tertiary/aromatic N) is 1. The fourth-order valence-corrected chi connectivity index (χ4v) is 2.68. The second-order valence-corrected chi connectivity index (χ2v) is 8.63. The number of nitrogens with one attached hydrogen (secondary N) is 2. The van der Waals surface area contributed by atoms with Gasteiger partial charge in [-0.1, -0.05) is 33.6 Å². The molecule has 0 bridgehead atoms. The third-order valence-electron chi connectivity index (χ3n) is 3.23. The van der Waals surface area contributed by atoms with E-state index in [0.717, 1.165) is 25.5 Å². The minimum Gasteiger partial charge on any atom is -0.357 e. The van der Waals surface area contributed by atoms with Gasteiger partial charge in [-0.25, -0.2) is 8.42 Å². The van der Waals surface area contributed by atoms with Gasteiger partial charge in [0.1, 0.15) is 9.84 Å². The first-order valence-electron chi connectivity index (χ1n) is 7.90. The van der Waals surface area contributed by atoms with Gasteiger partial charge in [0.15, 0.2) is 5.96 Å². The van der Waals surface area contributed by atoms with Gasteiger partial charge in [0.2, 0.25) is 0 Å². The van der Waals surface area contributed by atoms with E-state index in [4.69, 9.17) is 0 Å². The van der Waals surface area contributed by atoms with Crippen LogP contribution in [0.4, 0.5) is 0 Å². The van der Waals surface area contributed by atoms with Crippen LogP contribution < -0.4 is 10.6 Å². The van der Waals surface area contributed by atoms with Gasteiger partial charge in [-0.2, -0.15) is 0 Å². The van der Waals surface area contributed by atoms with Gasteiger partial charge in [0.25, 0.3) is 0 Å². The highest BCUT2D eigenvalue weighted by atomic mass is 32.2. The molecule has 0 saturated heterocycles. The number of guanidine groups is 1. The second-order valence-electron chi connectivity index (χ2n) is 6.37. The highest BCUT2D eigenvalue weighted by Gasteiger charge is 2.20. The highest BCUT2D eigenvalue weighted by molar-refractivity contribution is 7.90. The maximum absolute atomic E-state index is 11.3. The van der Waals surface area contributed by atoms with Gasteiger partial charge >= 0.3 is 0 Å². The molecule has 2 N–H and O–H groups in total. The van der Waals surface area contributed by atoms with Crippen molar-refractivity contribution in [3.63, 3.8) is 0 Å². The van der Waals surface area contributed by atoms with Crippen molar-refractivity contribution in [1.82, 2.24) is 10.6 Å². The summed E-state index contributed by atoms with van der Waals surface area (Å²) in [5, 5.41) is 6.55. The largest absolute Gasteiger partial charge is 0.357 e. The Morgan fingerprint density at radius 2 is 1.81 bits per heavy atom. The first kappa shape index (κ1) is 20.2. The molecular formula is C15H33N3O2S. The summed E-state index contributed by atoms with van der Waals surface area (Å²) in [5.74, 6) is 1.04. The quantitative estimate of drug-likeness (QED) is 0.368. The normalized spacial score (nSPS) is 13.3. The van der Waals surface area contributed by atoms with Gasteiger partial charge in [-0.05, 0) is 25.2 Å². The van der Waals surface area contributed by atoms with Crippen molar-refractivity contribution in [2.24, 2.45) is 10.4 Å². The smallest absolute Gasteiger partial charge is 0.191 e. The first-order valence-corrected chi connectivity index (χ1v) is 9.96. The maximum atomic E-state index is 11.3. The number of aliphatic imine (C=N–C) groups is 1. The Hall–Kier alpha value is -0.780. The van der Waals surface area contributed by atoms with E-state index in [1.807, 2.05) is 6.92 Å². The van der Waals surface area contributed by atoms with Gasteiger partial charge in [0, 0.05) is 25.9 Å². The molecule has 0 fully saturated rings. The van der Waals surface area contributed by atoms with Crippen LogP contribution in [0.25, 0.3) is 0 Å². The van der Waals surface area contributed by atoms with E-state index in [9.17, 15) is 8.42 Å². The molecular weight excluding hydrogens is 286 g/mol. The lowest BCUT2D eigenvalue weighted by Gasteiger charge is -2.22. The molecule has 0 spiro atoms. The number of unbranched alkanes of at least 4 members (excludes halogenated alkanes) is 2. The van der Waals surface area contributed by atoms with Crippen LogP contribution in [0.2, 0.25) is 0 Å². The molecule has 126 valence electrons.